The van der Waals surface area contributed by atoms with Crippen LogP contribution in [0.4, 0.5) is 0 Å². The largest absolute Gasteiger partial charge is 0.402 e. The lowest BCUT2D eigenvalue weighted by Crippen LogP contribution is -2.02. The minimum absolute atomic E-state index is 0.117. The molecule has 2 nitrogen and oxygen atoms in total. The molecule has 0 atom stereocenters. The predicted octanol–water partition coefficient (Wildman–Crippen LogP) is 3.85. The van der Waals surface area contributed by atoms with Crippen LogP contribution in [-0.4, -0.2) is 5.78 Å². The van der Waals surface area contributed by atoms with Gasteiger partial charge in [0.15, 0.2) is 5.78 Å². The standard InChI is InChI=1S/C14H15NO.C2H6/c15-13-8-4-7-12(9-10-13)14(16)11-5-2-1-3-6-11;1-2/h1-3,5-6,9-10H,4,7-8,15H2;1-2H3. The van der Waals surface area contributed by atoms with Gasteiger partial charge in [0, 0.05) is 16.8 Å². The first kappa shape index (κ1) is 14.2. The van der Waals surface area contributed by atoms with Gasteiger partial charge in [-0.1, -0.05) is 50.3 Å². The molecule has 2 N–H and O–H groups in total. The van der Waals surface area contributed by atoms with Crippen LogP contribution >= 0.6 is 0 Å². The zero-order valence-corrected chi connectivity index (χ0v) is 11.1. The molecule has 0 heterocycles. The van der Waals surface area contributed by atoms with Crippen molar-refractivity contribution in [3.05, 3.63) is 59.3 Å². The van der Waals surface area contributed by atoms with Crippen molar-refractivity contribution >= 4 is 5.78 Å². The van der Waals surface area contributed by atoms with Gasteiger partial charge in [-0.3, -0.25) is 4.79 Å². The van der Waals surface area contributed by atoms with E-state index >= 15 is 0 Å². The first-order chi connectivity index (χ1) is 8.77. The van der Waals surface area contributed by atoms with E-state index in [9.17, 15) is 4.79 Å². The Morgan fingerprint density at radius 2 is 1.72 bits per heavy atom. The molecule has 0 aromatic heterocycles. The second kappa shape index (κ2) is 7.49. The Morgan fingerprint density at radius 3 is 2.39 bits per heavy atom. The summed E-state index contributed by atoms with van der Waals surface area (Å²) in [5.41, 5.74) is 8.20. The maximum Gasteiger partial charge on any atom is 0.189 e. The van der Waals surface area contributed by atoms with Crippen LogP contribution in [0.25, 0.3) is 0 Å². The Bertz CT molecular complexity index is 443. The number of hydrogen-bond donors (Lipinski definition) is 1. The number of carbonyl (C=O) groups excluding carboxylic acids is 1. The molecule has 0 unspecified atom stereocenters. The van der Waals surface area contributed by atoms with E-state index in [0.717, 1.165) is 36.1 Å². The fourth-order valence-corrected chi connectivity index (χ4v) is 1.82. The summed E-state index contributed by atoms with van der Waals surface area (Å²) in [5.74, 6) is 0.117. The molecule has 1 aromatic rings. The molecule has 1 aliphatic rings. The number of nitrogens with two attached hydrogens (primary N) is 1. The Labute approximate surface area is 109 Å². The predicted molar refractivity (Wildman–Crippen MR) is 76.3 cm³/mol. The molecule has 0 amide bonds. The molecule has 0 saturated carbocycles. The van der Waals surface area contributed by atoms with Gasteiger partial charge in [-0.15, -0.1) is 0 Å². The van der Waals surface area contributed by atoms with Crippen LogP contribution in [0.5, 0.6) is 0 Å². The second-order valence-corrected chi connectivity index (χ2v) is 3.98. The fraction of sp³-hybridized carbons (Fsp3) is 0.312. The van der Waals surface area contributed by atoms with Crippen LogP contribution in [0.1, 0.15) is 43.5 Å². The molecule has 0 radical (unpaired) electrons. The normalized spacial score (nSPS) is 14.6. The third-order valence-electron chi connectivity index (χ3n) is 2.74. The topological polar surface area (TPSA) is 43.1 Å². The van der Waals surface area contributed by atoms with E-state index in [-0.39, 0.29) is 5.78 Å². The highest BCUT2D eigenvalue weighted by Crippen LogP contribution is 2.19. The van der Waals surface area contributed by atoms with Crippen LogP contribution in [-0.2, 0) is 0 Å². The highest BCUT2D eigenvalue weighted by molar-refractivity contribution is 6.08. The Kier molecular flexibility index (Phi) is 5.92. The SMILES string of the molecule is CC.NC1=CC=C(C(=O)c2ccccc2)CCC1. The average molecular weight is 243 g/mol. The summed E-state index contributed by atoms with van der Waals surface area (Å²) in [7, 11) is 0. The minimum Gasteiger partial charge on any atom is -0.402 e. The average Bonchev–Trinajstić information content (AvgIpc) is 2.66. The van der Waals surface area contributed by atoms with Gasteiger partial charge in [0.2, 0.25) is 0 Å². The van der Waals surface area contributed by atoms with Crippen molar-refractivity contribution in [1.82, 2.24) is 0 Å². The smallest absolute Gasteiger partial charge is 0.189 e. The summed E-state index contributed by atoms with van der Waals surface area (Å²) < 4.78 is 0. The van der Waals surface area contributed by atoms with Gasteiger partial charge in [-0.2, -0.15) is 0 Å². The third-order valence-corrected chi connectivity index (χ3v) is 2.74. The van der Waals surface area contributed by atoms with Crippen molar-refractivity contribution in [2.24, 2.45) is 5.73 Å². The number of Topliss-reactive ketones (excluding diaryl/α,β-unsaturated/α-hetero) is 1. The van der Waals surface area contributed by atoms with Crippen LogP contribution < -0.4 is 5.73 Å². The van der Waals surface area contributed by atoms with Crippen molar-refractivity contribution in [3.8, 4) is 0 Å². The van der Waals surface area contributed by atoms with E-state index in [4.69, 9.17) is 5.73 Å². The zero-order valence-electron chi connectivity index (χ0n) is 11.1. The van der Waals surface area contributed by atoms with Crippen molar-refractivity contribution in [1.29, 1.82) is 0 Å². The van der Waals surface area contributed by atoms with Gasteiger partial charge in [0.05, 0.1) is 0 Å². The molecular weight excluding hydrogens is 222 g/mol. The van der Waals surface area contributed by atoms with Crippen molar-refractivity contribution in [2.45, 2.75) is 33.1 Å². The minimum atomic E-state index is 0.117. The number of ketones is 1. The number of carbonyl (C=O) groups is 1. The number of rotatable bonds is 2. The summed E-state index contributed by atoms with van der Waals surface area (Å²) in [4.78, 5) is 12.1. The maximum atomic E-state index is 12.1. The molecule has 1 aromatic carbocycles. The monoisotopic (exact) mass is 243 g/mol. The van der Waals surface area contributed by atoms with Gasteiger partial charge in [-0.05, 0) is 25.3 Å². The van der Waals surface area contributed by atoms with Gasteiger partial charge < -0.3 is 5.73 Å². The molecule has 0 fully saturated rings. The van der Waals surface area contributed by atoms with Crippen LogP contribution in [0.3, 0.4) is 0 Å². The van der Waals surface area contributed by atoms with Crippen LogP contribution in [0, 0.1) is 0 Å². The van der Waals surface area contributed by atoms with E-state index in [1.54, 1.807) is 0 Å². The molecule has 1 aliphatic carbocycles. The second-order valence-electron chi connectivity index (χ2n) is 3.98. The van der Waals surface area contributed by atoms with Gasteiger partial charge in [-0.25, -0.2) is 0 Å². The summed E-state index contributed by atoms with van der Waals surface area (Å²) >= 11 is 0. The molecule has 96 valence electrons. The van der Waals surface area contributed by atoms with Crippen molar-refractivity contribution < 1.29 is 4.79 Å². The Morgan fingerprint density at radius 1 is 1.06 bits per heavy atom. The highest BCUT2D eigenvalue weighted by atomic mass is 16.1. The number of benzene rings is 1. The van der Waals surface area contributed by atoms with Gasteiger partial charge in [0.1, 0.15) is 0 Å². The van der Waals surface area contributed by atoms with Crippen molar-refractivity contribution in [2.75, 3.05) is 0 Å². The van der Waals surface area contributed by atoms with Gasteiger partial charge in [0.25, 0.3) is 0 Å². The molecule has 0 aliphatic heterocycles. The van der Waals surface area contributed by atoms with Gasteiger partial charge >= 0.3 is 0 Å². The molecule has 0 bridgehead atoms. The number of hydrogen-bond acceptors (Lipinski definition) is 2. The van der Waals surface area contributed by atoms with E-state index in [1.165, 1.54) is 0 Å². The summed E-state index contributed by atoms with van der Waals surface area (Å²) in [6.45, 7) is 4.00. The van der Waals surface area contributed by atoms with Crippen LogP contribution in [0.15, 0.2) is 53.8 Å². The van der Waals surface area contributed by atoms with Crippen molar-refractivity contribution in [3.63, 3.8) is 0 Å². The lowest BCUT2D eigenvalue weighted by atomic mass is 10.00. The summed E-state index contributed by atoms with van der Waals surface area (Å²) in [6.07, 6.45) is 6.35. The molecule has 0 saturated heterocycles. The summed E-state index contributed by atoms with van der Waals surface area (Å²) in [6, 6.07) is 9.38. The first-order valence-corrected chi connectivity index (χ1v) is 6.52. The Hall–Kier alpha value is -1.83. The maximum absolute atomic E-state index is 12.1. The van der Waals surface area contributed by atoms with Crippen LogP contribution in [0.2, 0.25) is 0 Å². The summed E-state index contributed by atoms with van der Waals surface area (Å²) in [5, 5.41) is 0. The third kappa shape index (κ3) is 3.88. The highest BCUT2D eigenvalue weighted by Gasteiger charge is 2.12. The molecular formula is C16H21NO. The fourth-order valence-electron chi connectivity index (χ4n) is 1.82. The van der Waals surface area contributed by atoms with E-state index in [1.807, 2.05) is 56.3 Å². The van der Waals surface area contributed by atoms with E-state index in [2.05, 4.69) is 0 Å². The molecule has 0 spiro atoms. The molecule has 2 rings (SSSR count). The lowest BCUT2D eigenvalue weighted by molar-refractivity contribution is 0.103. The molecule has 18 heavy (non-hydrogen) atoms. The lowest BCUT2D eigenvalue weighted by Gasteiger charge is -2.03. The van der Waals surface area contributed by atoms with E-state index in [0.29, 0.717) is 0 Å². The molecule has 2 heteroatoms. The Balaban J connectivity index is 0.000000771. The quantitative estimate of drug-likeness (QED) is 0.802. The van der Waals surface area contributed by atoms with E-state index < -0.39 is 0 Å². The number of allylic oxidation sites excluding steroid dienone is 4. The first-order valence-electron chi connectivity index (χ1n) is 6.52. The zero-order chi connectivity index (χ0) is 13.4.